The Labute approximate surface area is 195 Å². The van der Waals surface area contributed by atoms with Crippen molar-refractivity contribution in [1.82, 2.24) is 15.0 Å². The summed E-state index contributed by atoms with van der Waals surface area (Å²) in [5.41, 5.74) is 7.06. The quantitative estimate of drug-likeness (QED) is 0.303. The summed E-state index contributed by atoms with van der Waals surface area (Å²) >= 11 is 6.50. The van der Waals surface area contributed by atoms with Crippen molar-refractivity contribution in [3.63, 3.8) is 0 Å². The fraction of sp³-hybridized carbons (Fsp3) is 0.0714. The number of aromatic nitrogens is 3. The smallest absolute Gasteiger partial charge is 0.130 e. The second kappa shape index (κ2) is 7.91. The topological polar surface area (TPSA) is 50.8 Å². The lowest BCUT2D eigenvalue weighted by Gasteiger charge is -2.09. The molecule has 0 atom stereocenters. The minimum atomic E-state index is 0.417. The van der Waals surface area contributed by atoms with Crippen LogP contribution in [0.15, 0.2) is 85.1 Å². The van der Waals surface area contributed by atoms with Crippen LogP contribution in [0.25, 0.3) is 43.8 Å². The lowest BCUT2D eigenvalue weighted by atomic mass is 10.0. The van der Waals surface area contributed by atoms with Crippen LogP contribution in [-0.4, -0.2) is 15.0 Å². The number of aromatic amines is 1. The van der Waals surface area contributed by atoms with Gasteiger partial charge in [-0.05, 0) is 55.0 Å². The molecule has 0 aliphatic heterocycles. The summed E-state index contributed by atoms with van der Waals surface area (Å²) in [6.45, 7) is 2.43. The Morgan fingerprint density at radius 1 is 0.879 bits per heavy atom. The van der Waals surface area contributed by atoms with Crippen molar-refractivity contribution >= 4 is 44.3 Å². The first-order valence-corrected chi connectivity index (χ1v) is 11.2. The van der Waals surface area contributed by atoms with Gasteiger partial charge in [-0.25, -0.2) is 4.98 Å². The summed E-state index contributed by atoms with van der Waals surface area (Å²) < 4.78 is 6.00. The van der Waals surface area contributed by atoms with Crippen molar-refractivity contribution in [2.75, 3.05) is 0 Å². The van der Waals surface area contributed by atoms with E-state index in [4.69, 9.17) is 16.3 Å². The largest absolute Gasteiger partial charge is 0.487 e. The van der Waals surface area contributed by atoms with E-state index in [1.807, 2.05) is 67.7 Å². The number of hydrogen-bond donors (Lipinski definition) is 1. The van der Waals surface area contributed by atoms with Gasteiger partial charge in [0, 0.05) is 32.9 Å². The first-order valence-electron chi connectivity index (χ1n) is 10.8. The van der Waals surface area contributed by atoms with Crippen LogP contribution in [0.3, 0.4) is 0 Å². The van der Waals surface area contributed by atoms with Gasteiger partial charge in [0.25, 0.3) is 0 Å². The van der Waals surface area contributed by atoms with Gasteiger partial charge in [-0.2, -0.15) is 0 Å². The Bertz CT molecular complexity index is 1640. The Hall–Kier alpha value is -3.89. The van der Waals surface area contributed by atoms with Gasteiger partial charge < -0.3 is 9.72 Å². The van der Waals surface area contributed by atoms with E-state index in [0.29, 0.717) is 11.6 Å². The zero-order valence-electron chi connectivity index (χ0n) is 18.0. The minimum absolute atomic E-state index is 0.417. The van der Waals surface area contributed by atoms with Gasteiger partial charge in [-0.1, -0.05) is 48.0 Å². The third kappa shape index (κ3) is 3.59. The lowest BCUT2D eigenvalue weighted by Crippen LogP contribution is -1.98. The molecular weight excluding hydrogens is 430 g/mol. The number of halogens is 1. The van der Waals surface area contributed by atoms with E-state index >= 15 is 0 Å². The number of rotatable bonds is 4. The van der Waals surface area contributed by atoms with Crippen LogP contribution in [-0.2, 0) is 6.61 Å². The van der Waals surface area contributed by atoms with Crippen LogP contribution in [0.2, 0.25) is 5.02 Å². The molecule has 160 valence electrons. The molecule has 3 aromatic carbocycles. The Balaban J connectivity index is 1.30. The van der Waals surface area contributed by atoms with Crippen LogP contribution in [0.1, 0.15) is 11.4 Å². The summed E-state index contributed by atoms with van der Waals surface area (Å²) in [5, 5.41) is 4.06. The molecule has 0 bridgehead atoms. The lowest BCUT2D eigenvalue weighted by molar-refractivity contribution is 0.302. The number of nitrogens with one attached hydrogen (secondary N) is 1. The van der Waals surface area contributed by atoms with Crippen molar-refractivity contribution in [3.05, 3.63) is 101 Å². The molecule has 3 aromatic heterocycles. The maximum atomic E-state index is 6.50. The van der Waals surface area contributed by atoms with E-state index < -0.39 is 0 Å². The highest BCUT2D eigenvalue weighted by Gasteiger charge is 2.13. The maximum Gasteiger partial charge on any atom is 0.130 e. The highest BCUT2D eigenvalue weighted by Crippen LogP contribution is 2.37. The number of para-hydroxylation sites is 1. The number of aryl methyl sites for hydroxylation is 1. The Morgan fingerprint density at radius 2 is 1.73 bits per heavy atom. The van der Waals surface area contributed by atoms with Gasteiger partial charge in [-0.15, -0.1) is 0 Å². The summed E-state index contributed by atoms with van der Waals surface area (Å²) in [7, 11) is 0. The maximum absolute atomic E-state index is 6.50. The minimum Gasteiger partial charge on any atom is -0.487 e. The van der Waals surface area contributed by atoms with Gasteiger partial charge in [0.1, 0.15) is 12.4 Å². The number of nitrogens with zero attached hydrogens (tertiary/aromatic N) is 2. The monoisotopic (exact) mass is 449 g/mol. The van der Waals surface area contributed by atoms with Crippen LogP contribution in [0, 0.1) is 6.92 Å². The molecule has 4 nitrogen and oxygen atoms in total. The molecule has 0 aliphatic rings. The summed E-state index contributed by atoms with van der Waals surface area (Å²) in [5.74, 6) is 0.795. The number of hydrogen-bond acceptors (Lipinski definition) is 3. The van der Waals surface area contributed by atoms with E-state index in [9.17, 15) is 0 Å². The SMILES string of the molecule is Cc1nccc2c1[nH]c1c(-c3ccc(OCc4ccc5ccccc5n4)cc3)cc(Cl)cc12. The molecule has 33 heavy (non-hydrogen) atoms. The van der Waals surface area contributed by atoms with Crippen molar-refractivity contribution in [3.8, 4) is 16.9 Å². The van der Waals surface area contributed by atoms with E-state index in [2.05, 4.69) is 39.2 Å². The van der Waals surface area contributed by atoms with E-state index in [1.165, 1.54) is 0 Å². The van der Waals surface area contributed by atoms with Crippen LogP contribution in [0.4, 0.5) is 0 Å². The van der Waals surface area contributed by atoms with E-state index in [-0.39, 0.29) is 0 Å². The normalized spacial score (nSPS) is 11.5. The molecule has 0 aliphatic carbocycles. The number of fused-ring (bicyclic) bond motifs is 4. The first kappa shape index (κ1) is 19.8. The molecule has 0 saturated carbocycles. The van der Waals surface area contributed by atoms with Crippen LogP contribution < -0.4 is 4.74 Å². The van der Waals surface area contributed by atoms with E-state index in [1.54, 1.807) is 0 Å². The van der Waals surface area contributed by atoms with E-state index in [0.717, 1.165) is 61.0 Å². The summed E-state index contributed by atoms with van der Waals surface area (Å²) in [6, 6.07) is 26.3. The van der Waals surface area contributed by atoms with Gasteiger partial charge in [0.05, 0.1) is 27.9 Å². The summed E-state index contributed by atoms with van der Waals surface area (Å²) in [6.07, 6.45) is 1.84. The molecule has 0 radical (unpaired) electrons. The second-order valence-corrected chi connectivity index (χ2v) is 8.56. The first-order chi connectivity index (χ1) is 16.2. The number of pyridine rings is 2. The molecule has 1 N–H and O–H groups in total. The number of benzene rings is 3. The predicted octanol–water partition coefficient (Wildman–Crippen LogP) is 7.47. The van der Waals surface area contributed by atoms with Crippen molar-refractivity contribution in [2.24, 2.45) is 0 Å². The molecule has 0 spiro atoms. The fourth-order valence-corrected chi connectivity index (χ4v) is 4.55. The molecule has 6 aromatic rings. The highest BCUT2D eigenvalue weighted by molar-refractivity contribution is 6.32. The van der Waals surface area contributed by atoms with Crippen molar-refractivity contribution in [1.29, 1.82) is 0 Å². The average Bonchev–Trinajstić information content (AvgIpc) is 3.22. The predicted molar refractivity (Wildman–Crippen MR) is 135 cm³/mol. The third-order valence-corrected chi connectivity index (χ3v) is 6.21. The average molecular weight is 450 g/mol. The molecule has 0 fully saturated rings. The molecule has 0 amide bonds. The third-order valence-electron chi connectivity index (χ3n) is 5.99. The zero-order valence-corrected chi connectivity index (χ0v) is 18.7. The standard InChI is InChI=1S/C28H20ClN3O/c1-17-27-23(12-13-30-17)25-15-20(29)14-24(28(25)32-27)18-7-10-22(11-8-18)33-16-21-9-6-19-4-2-3-5-26(19)31-21/h2-15,32H,16H2,1H3. The second-order valence-electron chi connectivity index (χ2n) is 8.13. The van der Waals surface area contributed by atoms with Crippen molar-refractivity contribution < 1.29 is 4.74 Å². The molecule has 0 saturated heterocycles. The molecule has 0 unspecified atom stereocenters. The van der Waals surface area contributed by atoms with Crippen LogP contribution >= 0.6 is 11.6 Å². The Kier molecular flexibility index (Phi) is 4.74. The van der Waals surface area contributed by atoms with Gasteiger partial charge in [0.2, 0.25) is 0 Å². The molecule has 6 rings (SSSR count). The van der Waals surface area contributed by atoms with Gasteiger partial charge >= 0.3 is 0 Å². The highest BCUT2D eigenvalue weighted by atomic mass is 35.5. The van der Waals surface area contributed by atoms with Gasteiger partial charge in [-0.3, -0.25) is 4.98 Å². The van der Waals surface area contributed by atoms with Gasteiger partial charge in [0.15, 0.2) is 0 Å². The molecule has 5 heteroatoms. The summed E-state index contributed by atoms with van der Waals surface area (Å²) in [4.78, 5) is 12.6. The zero-order chi connectivity index (χ0) is 22.4. The van der Waals surface area contributed by atoms with Crippen molar-refractivity contribution in [2.45, 2.75) is 13.5 Å². The molecule has 3 heterocycles. The molecular formula is C28H20ClN3O. The Morgan fingerprint density at radius 3 is 2.61 bits per heavy atom. The number of H-pyrrole nitrogens is 1. The van der Waals surface area contributed by atoms with Crippen LogP contribution in [0.5, 0.6) is 5.75 Å². The number of ether oxygens (including phenoxy) is 1. The fourth-order valence-electron chi connectivity index (χ4n) is 4.33.